The topological polar surface area (TPSA) is 69.5 Å². The van der Waals surface area contributed by atoms with E-state index in [9.17, 15) is 0 Å². The lowest BCUT2D eigenvalue weighted by Gasteiger charge is -2.26. The minimum Gasteiger partial charge on any atom is -0.497 e. The molecule has 14 rings (SSSR count). The Bertz CT molecular complexity index is 4370. The summed E-state index contributed by atoms with van der Waals surface area (Å²) in [6.07, 6.45) is 0. The van der Waals surface area contributed by atoms with E-state index < -0.39 is 0 Å². The van der Waals surface area contributed by atoms with Gasteiger partial charge < -0.3 is 47.5 Å². The zero-order valence-electron chi connectivity index (χ0n) is 49.6. The third-order valence-corrected chi connectivity index (χ3v) is 16.7. The minimum absolute atomic E-state index is 0.797. The number of rotatable bonds is 18. The first-order valence-corrected chi connectivity index (χ1v) is 29.1. The van der Waals surface area contributed by atoms with Crippen LogP contribution in [0, 0.1) is 0 Å². The highest BCUT2D eigenvalue weighted by Gasteiger charge is 2.23. The van der Waals surface area contributed by atoms with E-state index in [2.05, 4.69) is 213 Å². The van der Waals surface area contributed by atoms with Crippen molar-refractivity contribution in [3.63, 3.8) is 0 Å². The molecule has 0 N–H and O–H groups in total. The van der Waals surface area contributed by atoms with Crippen molar-refractivity contribution in [3.8, 4) is 67.9 Å². The van der Waals surface area contributed by atoms with Crippen LogP contribution in [-0.4, -0.2) is 47.1 Å². The average Bonchev–Trinajstić information content (AvgIpc) is 1.63. The molecule has 2 aromatic heterocycles. The molecule has 14 aromatic rings. The first-order chi connectivity index (χ1) is 43.3. The zero-order chi connectivity index (χ0) is 59.8. The molecule has 0 bridgehead atoms. The van der Waals surface area contributed by atoms with Crippen LogP contribution >= 0.6 is 0 Å². The molecule has 0 saturated heterocycles. The first-order valence-electron chi connectivity index (χ1n) is 29.1. The quantitative estimate of drug-likeness (QED) is 0.0836. The van der Waals surface area contributed by atoms with Gasteiger partial charge in [0, 0.05) is 72.7 Å². The van der Waals surface area contributed by atoms with Gasteiger partial charge >= 0.3 is 0 Å². The standard InChI is InChI=1S/C78H62N4O6/c1-83-66-33-21-60(22-34-66)79(61-23-35-67(84-2)36-24-61)57-15-7-51(8-16-57)54-13-45-76-72(47-54)74-49-56(53-11-19-59(20-12-53)81(64-29-41-70(87-5)42-30-64)65-31-43-71(88-6)44-32-65)50-75-73-48-55(14-46-77(73)82(76)78(74)75)52-9-17-58(18-10-52)80(62-25-37-68(85-3)38-26-62)63-27-39-69(86-4)40-28-63/h7-50H,1-6H3. The normalized spacial score (nSPS) is 11.3. The molecule has 12 aromatic carbocycles. The Labute approximate surface area is 511 Å². The maximum atomic E-state index is 5.56. The minimum atomic E-state index is 0.797. The fourth-order valence-corrected chi connectivity index (χ4v) is 12.2. The van der Waals surface area contributed by atoms with Crippen molar-refractivity contribution < 1.29 is 28.4 Å². The van der Waals surface area contributed by atoms with Gasteiger partial charge in [-0.1, -0.05) is 48.5 Å². The fraction of sp³-hybridized carbons (Fsp3) is 0.0769. The van der Waals surface area contributed by atoms with Crippen molar-refractivity contribution in [2.75, 3.05) is 57.4 Å². The van der Waals surface area contributed by atoms with Crippen LogP contribution in [0.4, 0.5) is 51.2 Å². The maximum Gasteiger partial charge on any atom is 0.119 e. The number of hydrogen-bond acceptors (Lipinski definition) is 9. The summed E-state index contributed by atoms with van der Waals surface area (Å²) in [5.41, 5.74) is 19.4. The van der Waals surface area contributed by atoms with Gasteiger partial charge in [0.05, 0.1) is 59.2 Å². The van der Waals surface area contributed by atoms with Crippen LogP contribution in [0.3, 0.4) is 0 Å². The second-order valence-electron chi connectivity index (χ2n) is 21.6. The highest BCUT2D eigenvalue weighted by Crippen LogP contribution is 2.46. The molecule has 0 spiro atoms. The summed E-state index contributed by atoms with van der Waals surface area (Å²) < 4.78 is 35.7. The second kappa shape index (κ2) is 23.2. The molecule has 0 saturated carbocycles. The van der Waals surface area contributed by atoms with Gasteiger partial charge in [-0.2, -0.15) is 0 Å². The molecule has 430 valence electrons. The van der Waals surface area contributed by atoms with Gasteiger partial charge in [0.2, 0.25) is 0 Å². The molecule has 2 heterocycles. The Kier molecular flexibility index (Phi) is 14.4. The number of benzene rings is 12. The molecular weight excluding hydrogens is 1090 g/mol. The van der Waals surface area contributed by atoms with Crippen LogP contribution in [-0.2, 0) is 0 Å². The average molecular weight is 1150 g/mol. The third kappa shape index (κ3) is 10.1. The molecule has 10 heteroatoms. The molecule has 10 nitrogen and oxygen atoms in total. The molecule has 0 fully saturated rings. The lowest BCUT2D eigenvalue weighted by atomic mass is 9.96. The van der Waals surface area contributed by atoms with E-state index in [4.69, 9.17) is 28.4 Å². The Morgan fingerprint density at radius 1 is 0.205 bits per heavy atom. The summed E-state index contributed by atoms with van der Waals surface area (Å²) in [7, 11) is 10.1. The Morgan fingerprint density at radius 3 is 0.625 bits per heavy atom. The van der Waals surface area contributed by atoms with E-state index in [-0.39, 0.29) is 0 Å². The van der Waals surface area contributed by atoms with Crippen molar-refractivity contribution >= 4 is 89.3 Å². The van der Waals surface area contributed by atoms with Crippen LogP contribution in [0.25, 0.3) is 71.5 Å². The fourth-order valence-electron chi connectivity index (χ4n) is 12.2. The van der Waals surface area contributed by atoms with E-state index in [1.54, 1.807) is 42.7 Å². The lowest BCUT2D eigenvalue weighted by Crippen LogP contribution is -2.09. The smallest absolute Gasteiger partial charge is 0.119 e. The largest absolute Gasteiger partial charge is 0.497 e. The lowest BCUT2D eigenvalue weighted by molar-refractivity contribution is 0.414. The molecule has 0 aliphatic carbocycles. The Morgan fingerprint density at radius 2 is 0.398 bits per heavy atom. The molecular formula is C78H62N4O6. The second-order valence-corrected chi connectivity index (χ2v) is 21.6. The van der Waals surface area contributed by atoms with E-state index >= 15 is 0 Å². The SMILES string of the molecule is COc1ccc(N(c2ccc(OC)cc2)c2ccc(-c3ccc4c(c3)c3cc(-c5ccc(N(c6ccc(OC)cc6)c6ccc(OC)cc6)cc5)cc5c6cc(-c7ccc(N(c8ccc(OC)cc8)c8ccc(OC)cc8)cc7)ccc6n4c35)cc2)cc1. The van der Waals surface area contributed by atoms with Gasteiger partial charge in [0.15, 0.2) is 0 Å². The number of ether oxygens (including phenoxy) is 6. The van der Waals surface area contributed by atoms with Crippen LogP contribution in [0.1, 0.15) is 0 Å². The van der Waals surface area contributed by atoms with Gasteiger partial charge in [-0.25, -0.2) is 0 Å². The van der Waals surface area contributed by atoms with Crippen LogP contribution in [0.2, 0.25) is 0 Å². The molecule has 88 heavy (non-hydrogen) atoms. The molecule has 0 radical (unpaired) electrons. The van der Waals surface area contributed by atoms with Crippen LogP contribution in [0.15, 0.2) is 267 Å². The number of methoxy groups -OCH3 is 6. The van der Waals surface area contributed by atoms with Gasteiger partial charge in [-0.05, 0) is 252 Å². The highest BCUT2D eigenvalue weighted by molar-refractivity contribution is 6.25. The number of aromatic nitrogens is 1. The predicted octanol–water partition coefficient (Wildman–Crippen LogP) is 20.3. The van der Waals surface area contributed by atoms with Crippen LogP contribution < -0.4 is 43.1 Å². The molecule has 0 amide bonds. The third-order valence-electron chi connectivity index (χ3n) is 16.7. The predicted molar refractivity (Wildman–Crippen MR) is 361 cm³/mol. The summed E-state index contributed by atoms with van der Waals surface area (Å²) >= 11 is 0. The maximum absolute atomic E-state index is 5.56. The molecule has 0 atom stereocenters. The summed E-state index contributed by atoms with van der Waals surface area (Å²) in [6, 6.07) is 94.2. The number of nitrogens with zero attached hydrogens (tertiary/aromatic N) is 4. The van der Waals surface area contributed by atoms with Crippen molar-refractivity contribution in [3.05, 3.63) is 267 Å². The molecule has 0 aliphatic rings. The van der Waals surface area contributed by atoms with E-state index in [0.717, 1.165) is 130 Å². The van der Waals surface area contributed by atoms with Gasteiger partial charge in [0.25, 0.3) is 0 Å². The van der Waals surface area contributed by atoms with Gasteiger partial charge in [0.1, 0.15) is 34.5 Å². The summed E-state index contributed by atoms with van der Waals surface area (Å²) in [4.78, 5) is 6.75. The zero-order valence-corrected chi connectivity index (χ0v) is 49.6. The van der Waals surface area contributed by atoms with Crippen molar-refractivity contribution in [2.24, 2.45) is 0 Å². The molecule has 0 aliphatic heterocycles. The summed E-state index contributed by atoms with van der Waals surface area (Å²) in [6.45, 7) is 0. The monoisotopic (exact) mass is 1150 g/mol. The van der Waals surface area contributed by atoms with E-state index in [1.165, 1.54) is 27.1 Å². The number of fused-ring (bicyclic) bond motifs is 6. The summed E-state index contributed by atoms with van der Waals surface area (Å²) in [5, 5.41) is 4.74. The Hall–Kier alpha value is -11.4. The van der Waals surface area contributed by atoms with Crippen molar-refractivity contribution in [1.29, 1.82) is 0 Å². The first kappa shape index (κ1) is 54.6. The van der Waals surface area contributed by atoms with E-state index in [1.807, 2.05) is 72.8 Å². The number of anilines is 9. The highest BCUT2D eigenvalue weighted by atomic mass is 16.5. The van der Waals surface area contributed by atoms with Crippen LogP contribution in [0.5, 0.6) is 34.5 Å². The van der Waals surface area contributed by atoms with Crippen molar-refractivity contribution in [1.82, 2.24) is 4.40 Å². The number of hydrogen-bond donors (Lipinski definition) is 0. The summed E-state index contributed by atoms with van der Waals surface area (Å²) in [5.74, 6) is 4.80. The van der Waals surface area contributed by atoms with Gasteiger partial charge in [-0.15, -0.1) is 0 Å². The van der Waals surface area contributed by atoms with E-state index in [0.29, 0.717) is 0 Å². The van der Waals surface area contributed by atoms with Crippen molar-refractivity contribution in [2.45, 2.75) is 0 Å². The molecule has 0 unspecified atom stereocenters. The Balaban J connectivity index is 0.881. The van der Waals surface area contributed by atoms with Gasteiger partial charge in [-0.3, -0.25) is 0 Å².